The largest absolute Gasteiger partial charge is 0.494 e. The minimum Gasteiger partial charge on any atom is -0.494 e. The van der Waals surface area contributed by atoms with E-state index in [0.717, 1.165) is 30.8 Å². The van der Waals surface area contributed by atoms with E-state index in [9.17, 15) is 4.79 Å². The minimum atomic E-state index is -0.137. The van der Waals surface area contributed by atoms with Gasteiger partial charge in [0.05, 0.1) is 29.9 Å². The van der Waals surface area contributed by atoms with E-state index in [2.05, 4.69) is 38.0 Å². The van der Waals surface area contributed by atoms with E-state index in [1.807, 2.05) is 35.6 Å². The Balaban J connectivity index is 1.84. The number of benzene rings is 1. The first-order valence-electron chi connectivity index (χ1n) is 9.41. The zero-order chi connectivity index (χ0) is 18.9. The van der Waals surface area contributed by atoms with Gasteiger partial charge in [0.25, 0.3) is 5.91 Å². The molecule has 3 rings (SSSR count). The molecule has 0 aliphatic carbocycles. The summed E-state index contributed by atoms with van der Waals surface area (Å²) < 4.78 is 7.46. The highest BCUT2D eigenvalue weighted by molar-refractivity contribution is 5.95. The van der Waals surface area contributed by atoms with Crippen molar-refractivity contribution in [1.82, 2.24) is 14.7 Å². The first-order chi connectivity index (χ1) is 12.3. The number of rotatable bonds is 4. The van der Waals surface area contributed by atoms with Gasteiger partial charge in [-0.3, -0.25) is 9.48 Å². The van der Waals surface area contributed by atoms with Crippen molar-refractivity contribution in [2.75, 3.05) is 13.2 Å². The third-order valence-electron chi connectivity index (χ3n) is 4.97. The molecule has 0 saturated carbocycles. The molecule has 1 aromatic carbocycles. The van der Waals surface area contributed by atoms with Crippen LogP contribution in [0.2, 0.25) is 0 Å². The number of hydrogen-bond acceptors (Lipinski definition) is 3. The molecule has 0 bridgehead atoms. The molecule has 0 unspecified atom stereocenters. The quantitative estimate of drug-likeness (QED) is 0.820. The molecule has 1 saturated heterocycles. The average molecular weight is 355 g/mol. The normalized spacial score (nSPS) is 17.6. The maximum absolute atomic E-state index is 13.2. The van der Waals surface area contributed by atoms with Crippen LogP contribution in [-0.2, 0) is 5.54 Å². The van der Waals surface area contributed by atoms with Crippen LogP contribution in [0.5, 0.6) is 5.75 Å². The van der Waals surface area contributed by atoms with Crippen molar-refractivity contribution in [2.24, 2.45) is 0 Å². The molecular formula is C21H29N3O2. The first-order valence-corrected chi connectivity index (χ1v) is 9.41. The number of carbonyl (C=O) groups excluding carboxylic acids is 1. The van der Waals surface area contributed by atoms with Gasteiger partial charge in [0.15, 0.2) is 0 Å². The van der Waals surface area contributed by atoms with Crippen LogP contribution in [0.4, 0.5) is 0 Å². The lowest BCUT2D eigenvalue weighted by molar-refractivity contribution is 0.0734. The van der Waals surface area contributed by atoms with E-state index < -0.39 is 0 Å². The SMILES string of the molecule is CCOc1ccc([C@@H]2CCCN2C(=O)c2cnn(C(C)(C)C)c2C)cc1. The van der Waals surface area contributed by atoms with Gasteiger partial charge in [-0.05, 0) is 65.2 Å². The number of aromatic nitrogens is 2. The highest BCUT2D eigenvalue weighted by Gasteiger charge is 2.33. The van der Waals surface area contributed by atoms with Crippen molar-refractivity contribution in [3.8, 4) is 5.75 Å². The molecule has 0 spiro atoms. The standard InChI is InChI=1S/C21H29N3O2/c1-6-26-17-11-9-16(10-12-17)19-8-7-13-23(19)20(25)18-14-22-24(15(18)2)21(3,4)5/h9-12,14,19H,6-8,13H2,1-5H3/t19-/m0/s1. The number of ether oxygens (including phenoxy) is 1. The topological polar surface area (TPSA) is 47.4 Å². The first kappa shape index (κ1) is 18.5. The summed E-state index contributed by atoms with van der Waals surface area (Å²) >= 11 is 0. The Labute approximate surface area is 156 Å². The van der Waals surface area contributed by atoms with Gasteiger partial charge in [-0.1, -0.05) is 12.1 Å². The summed E-state index contributed by atoms with van der Waals surface area (Å²) in [6, 6.07) is 8.25. The molecule has 1 aromatic heterocycles. The zero-order valence-electron chi connectivity index (χ0n) is 16.5. The highest BCUT2D eigenvalue weighted by Crippen LogP contribution is 2.34. The molecule has 1 atom stereocenters. The van der Waals surface area contributed by atoms with Crippen LogP contribution < -0.4 is 4.74 Å². The molecule has 140 valence electrons. The maximum Gasteiger partial charge on any atom is 0.257 e. The third kappa shape index (κ3) is 3.48. The Hall–Kier alpha value is -2.30. The van der Waals surface area contributed by atoms with Crippen molar-refractivity contribution in [3.63, 3.8) is 0 Å². The van der Waals surface area contributed by atoms with Crippen LogP contribution >= 0.6 is 0 Å². The Morgan fingerprint density at radius 1 is 1.27 bits per heavy atom. The lowest BCUT2D eigenvalue weighted by Crippen LogP contribution is -2.31. The van der Waals surface area contributed by atoms with E-state index >= 15 is 0 Å². The molecule has 1 aliphatic rings. The van der Waals surface area contributed by atoms with Gasteiger partial charge in [0, 0.05) is 12.2 Å². The van der Waals surface area contributed by atoms with E-state index in [1.165, 1.54) is 5.56 Å². The van der Waals surface area contributed by atoms with Gasteiger partial charge in [0.1, 0.15) is 5.75 Å². The number of nitrogens with zero attached hydrogens (tertiary/aromatic N) is 3. The van der Waals surface area contributed by atoms with Crippen molar-refractivity contribution in [1.29, 1.82) is 0 Å². The second-order valence-corrected chi connectivity index (χ2v) is 7.88. The van der Waals surface area contributed by atoms with Crippen molar-refractivity contribution in [3.05, 3.63) is 47.3 Å². The molecule has 1 fully saturated rings. The van der Waals surface area contributed by atoms with Gasteiger partial charge < -0.3 is 9.64 Å². The maximum atomic E-state index is 13.2. The fraction of sp³-hybridized carbons (Fsp3) is 0.524. The van der Waals surface area contributed by atoms with Gasteiger partial charge in [-0.25, -0.2) is 0 Å². The van der Waals surface area contributed by atoms with E-state index in [-0.39, 0.29) is 17.5 Å². The Morgan fingerprint density at radius 2 is 1.96 bits per heavy atom. The number of hydrogen-bond donors (Lipinski definition) is 0. The molecule has 26 heavy (non-hydrogen) atoms. The van der Waals surface area contributed by atoms with Gasteiger partial charge >= 0.3 is 0 Å². The molecule has 5 nitrogen and oxygen atoms in total. The predicted molar refractivity (Wildman–Crippen MR) is 103 cm³/mol. The lowest BCUT2D eigenvalue weighted by Gasteiger charge is -2.26. The summed E-state index contributed by atoms with van der Waals surface area (Å²) in [5.74, 6) is 0.948. The second-order valence-electron chi connectivity index (χ2n) is 7.88. The summed E-state index contributed by atoms with van der Waals surface area (Å²) in [6.45, 7) is 11.7. The molecule has 2 aromatic rings. The predicted octanol–water partition coefficient (Wildman–Crippen LogP) is 4.32. The number of likely N-dealkylation sites (tertiary alicyclic amines) is 1. The van der Waals surface area contributed by atoms with Crippen LogP contribution in [0.15, 0.2) is 30.5 Å². The van der Waals surface area contributed by atoms with Crippen molar-refractivity contribution < 1.29 is 9.53 Å². The van der Waals surface area contributed by atoms with Gasteiger partial charge in [0.2, 0.25) is 0 Å². The van der Waals surface area contributed by atoms with Crippen LogP contribution in [0, 0.1) is 6.92 Å². The van der Waals surface area contributed by atoms with E-state index in [0.29, 0.717) is 12.2 Å². The second kappa shape index (κ2) is 7.14. The molecular weight excluding hydrogens is 326 g/mol. The Bertz CT molecular complexity index is 772. The summed E-state index contributed by atoms with van der Waals surface area (Å²) in [4.78, 5) is 15.2. The van der Waals surface area contributed by atoms with Crippen LogP contribution in [0.1, 0.15) is 68.2 Å². The fourth-order valence-corrected chi connectivity index (χ4v) is 3.76. The van der Waals surface area contributed by atoms with Crippen molar-refractivity contribution >= 4 is 5.91 Å². The minimum absolute atomic E-state index is 0.0781. The zero-order valence-corrected chi connectivity index (χ0v) is 16.5. The van der Waals surface area contributed by atoms with E-state index in [4.69, 9.17) is 4.74 Å². The third-order valence-corrected chi connectivity index (χ3v) is 4.97. The van der Waals surface area contributed by atoms with Crippen molar-refractivity contribution in [2.45, 2.75) is 59.0 Å². The van der Waals surface area contributed by atoms with Crippen LogP contribution in [-0.4, -0.2) is 33.7 Å². The molecule has 1 amide bonds. The molecule has 0 radical (unpaired) electrons. The summed E-state index contributed by atoms with van der Waals surface area (Å²) in [7, 11) is 0. The molecule has 0 N–H and O–H groups in total. The molecule has 2 heterocycles. The highest BCUT2D eigenvalue weighted by atomic mass is 16.5. The average Bonchev–Trinajstić information content (AvgIpc) is 3.21. The Morgan fingerprint density at radius 3 is 2.54 bits per heavy atom. The van der Waals surface area contributed by atoms with E-state index in [1.54, 1.807) is 6.20 Å². The Kier molecular flexibility index (Phi) is 5.08. The summed E-state index contributed by atoms with van der Waals surface area (Å²) in [5, 5.41) is 4.46. The van der Waals surface area contributed by atoms with Gasteiger partial charge in [-0.15, -0.1) is 0 Å². The fourth-order valence-electron chi connectivity index (χ4n) is 3.76. The van der Waals surface area contributed by atoms with Crippen LogP contribution in [0.3, 0.4) is 0 Å². The molecule has 5 heteroatoms. The summed E-state index contributed by atoms with van der Waals surface area (Å²) in [5.41, 5.74) is 2.67. The summed E-state index contributed by atoms with van der Waals surface area (Å²) in [6.07, 6.45) is 3.73. The lowest BCUT2D eigenvalue weighted by atomic mass is 10.0. The number of carbonyl (C=O) groups is 1. The number of amides is 1. The molecule has 1 aliphatic heterocycles. The smallest absolute Gasteiger partial charge is 0.257 e. The van der Waals surface area contributed by atoms with Gasteiger partial charge in [-0.2, -0.15) is 5.10 Å². The van der Waals surface area contributed by atoms with Crippen LogP contribution in [0.25, 0.3) is 0 Å². The monoisotopic (exact) mass is 355 g/mol.